The molecule has 1 N–H and O–H groups in total. The molecular weight excluding hydrogens is 496 g/mol. The van der Waals surface area contributed by atoms with Crippen LogP contribution in [0.4, 0.5) is 10.1 Å². The van der Waals surface area contributed by atoms with Crippen molar-refractivity contribution in [3.8, 4) is 5.75 Å². The first-order valence-electron chi connectivity index (χ1n) is 8.27. The Bertz CT molecular complexity index is 942. The molecule has 0 fully saturated rings. The predicted molar refractivity (Wildman–Crippen MR) is 116 cm³/mol. The molecule has 27 heavy (non-hydrogen) atoms. The average molecular weight is 514 g/mol. The van der Waals surface area contributed by atoms with Crippen molar-refractivity contribution in [1.82, 2.24) is 0 Å². The standard InChI is InChI=1S/C21H17Br2ClFNO/c1-13-5-6-16(24)10-20(13)26-11-15-8-18(22)21(19(23)9-15)27-12-14-3-2-4-17(25)7-14/h2-10,26H,11-12H2,1H3. The van der Waals surface area contributed by atoms with E-state index in [9.17, 15) is 4.39 Å². The molecule has 3 aromatic rings. The number of benzene rings is 3. The lowest BCUT2D eigenvalue weighted by Crippen LogP contribution is -2.03. The molecule has 3 rings (SSSR count). The predicted octanol–water partition coefficient (Wildman–Crippen LogP) is 7.50. The normalized spacial score (nSPS) is 10.7. The summed E-state index contributed by atoms with van der Waals surface area (Å²) in [5, 5.41) is 4.10. The highest BCUT2D eigenvalue weighted by atomic mass is 79.9. The topological polar surface area (TPSA) is 21.3 Å². The first-order chi connectivity index (χ1) is 12.9. The van der Waals surface area contributed by atoms with E-state index in [1.807, 2.05) is 43.3 Å². The highest BCUT2D eigenvalue weighted by Gasteiger charge is 2.10. The second kappa shape index (κ2) is 9.09. The summed E-state index contributed by atoms with van der Waals surface area (Å²) in [6.45, 7) is 2.96. The van der Waals surface area contributed by atoms with Crippen LogP contribution in [0, 0.1) is 12.7 Å². The SMILES string of the molecule is Cc1ccc(Cl)cc1NCc1cc(Br)c(OCc2cccc(F)c2)c(Br)c1. The molecule has 6 heteroatoms. The van der Waals surface area contributed by atoms with E-state index in [0.717, 1.165) is 31.3 Å². The molecule has 0 aliphatic carbocycles. The highest BCUT2D eigenvalue weighted by Crippen LogP contribution is 2.35. The molecular formula is C21H17Br2ClFNO. The summed E-state index contributed by atoms with van der Waals surface area (Å²) in [5.74, 6) is 0.411. The van der Waals surface area contributed by atoms with Crippen molar-refractivity contribution >= 4 is 49.1 Å². The molecule has 0 amide bonds. The van der Waals surface area contributed by atoms with Crippen LogP contribution < -0.4 is 10.1 Å². The van der Waals surface area contributed by atoms with Crippen LogP contribution in [0.2, 0.25) is 5.02 Å². The van der Waals surface area contributed by atoms with Gasteiger partial charge < -0.3 is 10.1 Å². The Hall–Kier alpha value is -1.56. The van der Waals surface area contributed by atoms with E-state index in [4.69, 9.17) is 16.3 Å². The maximum atomic E-state index is 13.3. The van der Waals surface area contributed by atoms with Crippen LogP contribution in [0.15, 0.2) is 63.5 Å². The molecule has 3 aromatic carbocycles. The molecule has 0 atom stereocenters. The monoisotopic (exact) mass is 511 g/mol. The lowest BCUT2D eigenvalue weighted by atomic mass is 10.1. The Morgan fingerprint density at radius 3 is 2.44 bits per heavy atom. The molecule has 0 spiro atoms. The van der Waals surface area contributed by atoms with Gasteiger partial charge in [-0.25, -0.2) is 4.39 Å². The van der Waals surface area contributed by atoms with Crippen molar-refractivity contribution in [2.45, 2.75) is 20.1 Å². The molecule has 0 saturated carbocycles. The van der Waals surface area contributed by atoms with Crippen molar-refractivity contribution in [2.24, 2.45) is 0 Å². The summed E-state index contributed by atoms with van der Waals surface area (Å²) in [4.78, 5) is 0. The average Bonchev–Trinajstić information content (AvgIpc) is 2.62. The van der Waals surface area contributed by atoms with E-state index < -0.39 is 0 Å². The summed E-state index contributed by atoms with van der Waals surface area (Å²) in [7, 11) is 0. The summed E-state index contributed by atoms with van der Waals surface area (Å²) >= 11 is 13.2. The largest absolute Gasteiger partial charge is 0.487 e. The lowest BCUT2D eigenvalue weighted by Gasteiger charge is -2.14. The van der Waals surface area contributed by atoms with E-state index >= 15 is 0 Å². The van der Waals surface area contributed by atoms with Crippen LogP contribution in [0.1, 0.15) is 16.7 Å². The fourth-order valence-electron chi connectivity index (χ4n) is 2.62. The number of rotatable bonds is 6. The first-order valence-corrected chi connectivity index (χ1v) is 10.2. The minimum Gasteiger partial charge on any atom is -0.487 e. The van der Waals surface area contributed by atoms with Crippen molar-refractivity contribution < 1.29 is 9.13 Å². The van der Waals surface area contributed by atoms with Gasteiger partial charge in [0.05, 0.1) is 8.95 Å². The van der Waals surface area contributed by atoms with Crippen molar-refractivity contribution in [1.29, 1.82) is 0 Å². The third kappa shape index (κ3) is 5.47. The van der Waals surface area contributed by atoms with Crippen molar-refractivity contribution in [3.05, 3.63) is 91.1 Å². The highest BCUT2D eigenvalue weighted by molar-refractivity contribution is 9.11. The van der Waals surface area contributed by atoms with Crippen LogP contribution in [0.25, 0.3) is 0 Å². The third-order valence-corrected chi connectivity index (χ3v) is 5.43. The van der Waals surface area contributed by atoms with Crippen LogP contribution in [-0.2, 0) is 13.2 Å². The van der Waals surface area contributed by atoms with Gasteiger partial charge in [0.15, 0.2) is 0 Å². The Kier molecular flexibility index (Phi) is 6.79. The first kappa shape index (κ1) is 20.2. The molecule has 0 radical (unpaired) electrons. The molecule has 0 saturated heterocycles. The Balaban J connectivity index is 1.69. The van der Waals surface area contributed by atoms with Gasteiger partial charge in [0.2, 0.25) is 0 Å². The van der Waals surface area contributed by atoms with Crippen LogP contribution in [0.5, 0.6) is 5.75 Å². The van der Waals surface area contributed by atoms with Crippen LogP contribution in [0.3, 0.4) is 0 Å². The maximum absolute atomic E-state index is 13.3. The molecule has 2 nitrogen and oxygen atoms in total. The molecule has 0 heterocycles. The number of hydrogen-bond acceptors (Lipinski definition) is 2. The van der Waals surface area contributed by atoms with Gasteiger partial charge in [-0.15, -0.1) is 0 Å². The zero-order valence-corrected chi connectivity index (χ0v) is 18.5. The second-order valence-electron chi connectivity index (χ2n) is 6.12. The maximum Gasteiger partial charge on any atom is 0.148 e. The van der Waals surface area contributed by atoms with E-state index in [0.29, 0.717) is 17.3 Å². The summed E-state index contributed by atoms with van der Waals surface area (Å²) < 4.78 is 20.8. The lowest BCUT2D eigenvalue weighted by molar-refractivity contribution is 0.301. The zero-order chi connectivity index (χ0) is 19.4. The number of hydrogen-bond donors (Lipinski definition) is 1. The molecule has 0 unspecified atom stereocenters. The Morgan fingerprint density at radius 1 is 1.00 bits per heavy atom. The smallest absolute Gasteiger partial charge is 0.148 e. The van der Waals surface area contributed by atoms with Crippen molar-refractivity contribution in [2.75, 3.05) is 5.32 Å². The second-order valence-corrected chi connectivity index (χ2v) is 8.27. The number of ether oxygens (including phenoxy) is 1. The van der Waals surface area contributed by atoms with Gasteiger partial charge >= 0.3 is 0 Å². The minimum absolute atomic E-state index is 0.271. The van der Waals surface area contributed by atoms with E-state index in [-0.39, 0.29) is 12.4 Å². The fourth-order valence-corrected chi connectivity index (χ4v) is 4.30. The number of nitrogens with one attached hydrogen (secondary N) is 1. The number of halogens is 4. The fraction of sp³-hybridized carbons (Fsp3) is 0.143. The van der Waals surface area contributed by atoms with Gasteiger partial charge in [-0.05, 0) is 91.9 Å². The minimum atomic E-state index is -0.271. The zero-order valence-electron chi connectivity index (χ0n) is 14.5. The van der Waals surface area contributed by atoms with Gasteiger partial charge in [0.25, 0.3) is 0 Å². The summed E-state index contributed by atoms with van der Waals surface area (Å²) in [6.07, 6.45) is 0. The molecule has 0 bridgehead atoms. The molecule has 0 aliphatic heterocycles. The van der Waals surface area contributed by atoms with E-state index in [2.05, 4.69) is 37.2 Å². The summed E-state index contributed by atoms with van der Waals surface area (Å²) in [6, 6.07) is 16.2. The van der Waals surface area contributed by atoms with Crippen LogP contribution >= 0.6 is 43.5 Å². The molecule has 140 valence electrons. The van der Waals surface area contributed by atoms with Crippen LogP contribution in [-0.4, -0.2) is 0 Å². The molecule has 0 aliphatic rings. The van der Waals surface area contributed by atoms with Crippen molar-refractivity contribution in [3.63, 3.8) is 0 Å². The van der Waals surface area contributed by atoms with Gasteiger partial charge in [0.1, 0.15) is 18.2 Å². The quantitative estimate of drug-likeness (QED) is 0.368. The number of anilines is 1. The third-order valence-electron chi connectivity index (χ3n) is 4.01. The van der Waals surface area contributed by atoms with Gasteiger partial charge in [-0.3, -0.25) is 0 Å². The summed E-state index contributed by atoms with van der Waals surface area (Å²) in [5.41, 5.74) is 3.98. The van der Waals surface area contributed by atoms with E-state index in [1.165, 1.54) is 12.1 Å². The van der Waals surface area contributed by atoms with Gasteiger partial charge in [0, 0.05) is 17.3 Å². The molecule has 0 aromatic heterocycles. The van der Waals surface area contributed by atoms with Gasteiger partial charge in [-0.2, -0.15) is 0 Å². The van der Waals surface area contributed by atoms with E-state index in [1.54, 1.807) is 6.07 Å². The van der Waals surface area contributed by atoms with Gasteiger partial charge in [-0.1, -0.05) is 29.8 Å². The number of aryl methyl sites for hydroxylation is 1. The Morgan fingerprint density at radius 2 is 1.74 bits per heavy atom. The Labute approximate surface area is 180 Å².